The number of hydrogen-bond donors (Lipinski definition) is 0. The van der Waals surface area contributed by atoms with Gasteiger partial charge in [0.1, 0.15) is 0 Å². The van der Waals surface area contributed by atoms with Crippen LogP contribution in [-0.4, -0.2) is 22.4 Å². The lowest BCUT2D eigenvalue weighted by Gasteiger charge is -2.05. The molecule has 1 aromatic rings. The van der Waals surface area contributed by atoms with E-state index in [1.165, 1.54) is 0 Å². The summed E-state index contributed by atoms with van der Waals surface area (Å²) in [5.41, 5.74) is -1.68. The Hall–Kier alpha value is -2.22. The highest BCUT2D eigenvalue weighted by Gasteiger charge is 2.27. The van der Waals surface area contributed by atoms with Crippen LogP contribution >= 0.6 is 11.6 Å². The van der Waals surface area contributed by atoms with Crippen LogP contribution in [0.2, 0.25) is 5.02 Å². The number of nitro benzene ring substituents is 2. The van der Waals surface area contributed by atoms with E-state index < -0.39 is 32.2 Å². The molecule has 0 N–H and O–H groups in total. The lowest BCUT2D eigenvalue weighted by atomic mass is 10.1. The van der Waals surface area contributed by atoms with Crippen molar-refractivity contribution >= 4 is 28.9 Å². The number of nitro groups is 2. The van der Waals surface area contributed by atoms with Gasteiger partial charge < -0.3 is 4.74 Å². The minimum absolute atomic E-state index is 0.138. The second kappa shape index (κ2) is 6.80. The topological polar surface area (TPSA) is 113 Å². The Labute approximate surface area is 118 Å². The van der Waals surface area contributed by atoms with Gasteiger partial charge in [0.05, 0.1) is 22.0 Å². The Morgan fingerprint density at radius 1 is 1.25 bits per heavy atom. The number of ether oxygens (including phenoxy) is 1. The van der Waals surface area contributed by atoms with Crippen molar-refractivity contribution in [2.45, 2.75) is 19.8 Å². The normalized spacial score (nSPS) is 10.1. The van der Waals surface area contributed by atoms with Gasteiger partial charge in [-0.25, -0.2) is 4.79 Å². The van der Waals surface area contributed by atoms with E-state index in [2.05, 4.69) is 0 Å². The van der Waals surface area contributed by atoms with Crippen LogP contribution in [0, 0.1) is 20.2 Å². The number of esters is 1. The third-order valence-corrected chi connectivity index (χ3v) is 2.78. The molecule has 0 atom stereocenters. The Bertz CT molecular complexity index is 525. The zero-order valence-corrected chi connectivity index (χ0v) is 11.3. The van der Waals surface area contributed by atoms with E-state index in [0.717, 1.165) is 18.6 Å². The van der Waals surface area contributed by atoms with Gasteiger partial charge in [-0.3, -0.25) is 20.2 Å². The second-order valence-corrected chi connectivity index (χ2v) is 4.21. The molecule has 20 heavy (non-hydrogen) atoms. The summed E-state index contributed by atoms with van der Waals surface area (Å²) >= 11 is 5.57. The molecular weight excluding hydrogens is 292 g/mol. The quantitative estimate of drug-likeness (QED) is 0.345. The molecule has 0 fully saturated rings. The molecule has 0 unspecified atom stereocenters. The summed E-state index contributed by atoms with van der Waals surface area (Å²) in [6, 6.07) is 1.73. The van der Waals surface area contributed by atoms with E-state index in [4.69, 9.17) is 16.3 Å². The fourth-order valence-corrected chi connectivity index (χ4v) is 1.62. The summed E-state index contributed by atoms with van der Waals surface area (Å²) in [6.07, 6.45) is 1.43. The van der Waals surface area contributed by atoms with Crippen LogP contribution in [0.1, 0.15) is 30.1 Å². The van der Waals surface area contributed by atoms with Gasteiger partial charge in [-0.15, -0.1) is 0 Å². The molecule has 9 heteroatoms. The molecule has 0 aliphatic carbocycles. The van der Waals surface area contributed by atoms with E-state index in [1.54, 1.807) is 0 Å². The number of benzene rings is 1. The van der Waals surface area contributed by atoms with E-state index in [0.29, 0.717) is 6.42 Å². The molecule has 0 aliphatic rings. The maximum absolute atomic E-state index is 11.7. The first-order valence-corrected chi connectivity index (χ1v) is 6.05. The van der Waals surface area contributed by atoms with Crippen molar-refractivity contribution in [3.05, 3.63) is 42.9 Å². The van der Waals surface area contributed by atoms with Crippen LogP contribution in [0.3, 0.4) is 0 Å². The Morgan fingerprint density at radius 3 is 2.15 bits per heavy atom. The second-order valence-electron chi connectivity index (χ2n) is 3.83. The smallest absolute Gasteiger partial charge is 0.338 e. The monoisotopic (exact) mass is 302 g/mol. The third-order valence-electron chi connectivity index (χ3n) is 2.39. The molecule has 1 aromatic carbocycles. The first-order chi connectivity index (χ1) is 9.38. The highest BCUT2D eigenvalue weighted by atomic mass is 35.5. The van der Waals surface area contributed by atoms with Gasteiger partial charge in [0.15, 0.2) is 5.02 Å². The molecule has 0 bridgehead atoms. The predicted molar refractivity (Wildman–Crippen MR) is 70.0 cm³/mol. The van der Waals surface area contributed by atoms with Crippen molar-refractivity contribution < 1.29 is 19.4 Å². The average Bonchev–Trinajstić information content (AvgIpc) is 2.38. The third kappa shape index (κ3) is 3.64. The van der Waals surface area contributed by atoms with Crippen molar-refractivity contribution in [1.82, 2.24) is 0 Å². The van der Waals surface area contributed by atoms with E-state index in [1.807, 2.05) is 6.92 Å². The number of hydrogen-bond acceptors (Lipinski definition) is 6. The SMILES string of the molecule is CCCCOC(=O)c1cc([N+](=O)[O-])c(Cl)c([N+](=O)[O-])c1. The minimum Gasteiger partial charge on any atom is -0.462 e. The van der Waals surface area contributed by atoms with Gasteiger partial charge >= 0.3 is 5.97 Å². The summed E-state index contributed by atoms with van der Waals surface area (Å²) in [6.45, 7) is 2.03. The number of carbonyl (C=O) groups excluding carboxylic acids is 1. The Morgan fingerprint density at radius 2 is 1.75 bits per heavy atom. The highest BCUT2D eigenvalue weighted by Crippen LogP contribution is 2.35. The molecule has 0 spiro atoms. The van der Waals surface area contributed by atoms with Crippen LogP contribution in [0.4, 0.5) is 11.4 Å². The van der Waals surface area contributed by atoms with Crippen molar-refractivity contribution in [2.24, 2.45) is 0 Å². The van der Waals surface area contributed by atoms with Crippen molar-refractivity contribution in [3.8, 4) is 0 Å². The van der Waals surface area contributed by atoms with Crippen LogP contribution < -0.4 is 0 Å². The van der Waals surface area contributed by atoms with Crippen LogP contribution in [-0.2, 0) is 4.74 Å². The lowest BCUT2D eigenvalue weighted by Crippen LogP contribution is -2.08. The molecule has 0 heterocycles. The van der Waals surface area contributed by atoms with E-state index in [-0.39, 0.29) is 12.2 Å². The molecule has 0 saturated carbocycles. The minimum atomic E-state index is -0.891. The molecule has 0 aliphatic heterocycles. The summed E-state index contributed by atoms with van der Waals surface area (Å²) in [5.74, 6) is -0.860. The standard InChI is InChI=1S/C11H11ClN2O6/c1-2-3-4-20-11(15)7-5-8(13(16)17)10(12)9(6-7)14(18)19/h5-6H,2-4H2,1H3. The summed E-state index contributed by atoms with van der Waals surface area (Å²) in [7, 11) is 0. The first-order valence-electron chi connectivity index (χ1n) is 5.68. The highest BCUT2D eigenvalue weighted by molar-refractivity contribution is 6.35. The van der Waals surface area contributed by atoms with Gasteiger partial charge in [-0.1, -0.05) is 24.9 Å². The number of halogens is 1. The molecular formula is C11H11ClN2O6. The Balaban J connectivity index is 3.17. The molecule has 1 rings (SSSR count). The molecule has 0 radical (unpaired) electrons. The summed E-state index contributed by atoms with van der Waals surface area (Å²) in [5, 5.41) is 20.9. The lowest BCUT2D eigenvalue weighted by molar-refractivity contribution is -0.393. The summed E-state index contributed by atoms with van der Waals surface area (Å²) in [4.78, 5) is 31.4. The molecule has 0 aromatic heterocycles. The van der Waals surface area contributed by atoms with Crippen molar-refractivity contribution in [3.63, 3.8) is 0 Å². The largest absolute Gasteiger partial charge is 0.462 e. The number of unbranched alkanes of at least 4 members (excludes halogenated alkanes) is 1. The number of nitrogens with zero attached hydrogens (tertiary/aromatic N) is 2. The molecule has 0 amide bonds. The number of rotatable bonds is 6. The van der Waals surface area contributed by atoms with Crippen LogP contribution in [0.25, 0.3) is 0 Å². The van der Waals surface area contributed by atoms with E-state index >= 15 is 0 Å². The summed E-state index contributed by atoms with van der Waals surface area (Å²) < 4.78 is 4.85. The zero-order chi connectivity index (χ0) is 15.3. The predicted octanol–water partition coefficient (Wildman–Crippen LogP) is 3.11. The van der Waals surface area contributed by atoms with E-state index in [9.17, 15) is 25.0 Å². The van der Waals surface area contributed by atoms with Crippen molar-refractivity contribution in [2.75, 3.05) is 6.61 Å². The van der Waals surface area contributed by atoms with Crippen molar-refractivity contribution in [1.29, 1.82) is 0 Å². The molecule has 108 valence electrons. The van der Waals surface area contributed by atoms with Gasteiger partial charge in [0.2, 0.25) is 0 Å². The average molecular weight is 303 g/mol. The maximum atomic E-state index is 11.7. The zero-order valence-electron chi connectivity index (χ0n) is 10.5. The van der Waals surface area contributed by atoms with Crippen LogP contribution in [0.15, 0.2) is 12.1 Å². The van der Waals surface area contributed by atoms with Gasteiger partial charge in [-0.2, -0.15) is 0 Å². The van der Waals surface area contributed by atoms with Gasteiger partial charge in [0, 0.05) is 12.1 Å². The Kier molecular flexibility index (Phi) is 5.39. The van der Waals surface area contributed by atoms with Gasteiger partial charge in [0.25, 0.3) is 11.4 Å². The maximum Gasteiger partial charge on any atom is 0.338 e. The molecule has 0 saturated heterocycles. The van der Waals surface area contributed by atoms with Crippen LogP contribution in [0.5, 0.6) is 0 Å². The number of carbonyl (C=O) groups is 1. The van der Waals surface area contributed by atoms with Gasteiger partial charge in [-0.05, 0) is 6.42 Å². The molecule has 8 nitrogen and oxygen atoms in total. The fraction of sp³-hybridized carbons (Fsp3) is 0.364. The fourth-order valence-electron chi connectivity index (χ4n) is 1.37. The first kappa shape index (κ1) is 15.8.